The van der Waals surface area contributed by atoms with Gasteiger partial charge in [0.05, 0.1) is 18.8 Å². The molecular formula is C9H8N2O2. The zero-order valence-electron chi connectivity index (χ0n) is 7.07. The molecule has 13 heavy (non-hydrogen) atoms. The van der Waals surface area contributed by atoms with Crippen LogP contribution in [-0.2, 0) is 0 Å². The normalized spacial score (nSPS) is 10.2. The van der Waals surface area contributed by atoms with E-state index >= 15 is 0 Å². The smallest absolute Gasteiger partial charge is 0.170 e. The lowest BCUT2D eigenvalue weighted by molar-refractivity contribution is 0.112. The van der Waals surface area contributed by atoms with E-state index in [0.29, 0.717) is 17.0 Å². The molecule has 0 unspecified atom stereocenters. The van der Waals surface area contributed by atoms with Gasteiger partial charge in [-0.05, 0) is 6.07 Å². The number of rotatable bonds is 2. The molecular weight excluding hydrogens is 168 g/mol. The van der Waals surface area contributed by atoms with Gasteiger partial charge >= 0.3 is 0 Å². The highest BCUT2D eigenvalue weighted by molar-refractivity contribution is 5.96. The van der Waals surface area contributed by atoms with Gasteiger partial charge in [-0.3, -0.25) is 4.79 Å². The predicted octanol–water partition coefficient (Wildman–Crippen LogP) is 1.38. The Bertz CT molecular complexity index is 448. The summed E-state index contributed by atoms with van der Waals surface area (Å²) >= 11 is 0. The van der Waals surface area contributed by atoms with Crippen LogP contribution in [0.2, 0.25) is 0 Å². The van der Waals surface area contributed by atoms with E-state index in [-0.39, 0.29) is 0 Å². The van der Waals surface area contributed by atoms with E-state index < -0.39 is 0 Å². The third kappa shape index (κ3) is 1.07. The fourth-order valence-electron chi connectivity index (χ4n) is 1.30. The van der Waals surface area contributed by atoms with Gasteiger partial charge in [0.1, 0.15) is 11.4 Å². The number of aldehydes is 1. The molecule has 2 aromatic rings. The van der Waals surface area contributed by atoms with E-state index in [9.17, 15) is 4.79 Å². The van der Waals surface area contributed by atoms with Crippen LogP contribution < -0.4 is 4.74 Å². The van der Waals surface area contributed by atoms with Gasteiger partial charge < -0.3 is 9.72 Å². The number of hydrogen-bond donors (Lipinski definition) is 1. The molecule has 0 aliphatic carbocycles. The summed E-state index contributed by atoms with van der Waals surface area (Å²) in [5, 5.41) is 0.875. The van der Waals surface area contributed by atoms with Crippen molar-refractivity contribution in [3.05, 3.63) is 24.2 Å². The summed E-state index contributed by atoms with van der Waals surface area (Å²) in [6.07, 6.45) is 4.01. The van der Waals surface area contributed by atoms with Crippen molar-refractivity contribution in [2.24, 2.45) is 0 Å². The van der Waals surface area contributed by atoms with Crippen LogP contribution in [0, 0.1) is 0 Å². The first-order valence-corrected chi connectivity index (χ1v) is 3.82. The predicted molar refractivity (Wildman–Crippen MR) is 48.0 cm³/mol. The van der Waals surface area contributed by atoms with Gasteiger partial charge in [-0.25, -0.2) is 4.98 Å². The number of H-pyrrole nitrogens is 1. The number of nitrogens with one attached hydrogen (secondary N) is 1. The maximum absolute atomic E-state index is 10.6. The number of methoxy groups -OCH3 is 1. The lowest BCUT2D eigenvalue weighted by Gasteiger charge is -2.01. The number of aromatic nitrogens is 2. The number of hydrogen-bond acceptors (Lipinski definition) is 3. The molecule has 4 nitrogen and oxygen atoms in total. The van der Waals surface area contributed by atoms with E-state index in [1.54, 1.807) is 19.5 Å². The highest BCUT2D eigenvalue weighted by Crippen LogP contribution is 2.24. The van der Waals surface area contributed by atoms with Crippen LogP contribution in [0.4, 0.5) is 0 Å². The van der Waals surface area contributed by atoms with Crippen LogP contribution in [0.5, 0.6) is 5.75 Å². The topological polar surface area (TPSA) is 55.0 Å². The summed E-state index contributed by atoms with van der Waals surface area (Å²) in [6.45, 7) is 0. The van der Waals surface area contributed by atoms with Crippen LogP contribution in [0.1, 0.15) is 10.5 Å². The van der Waals surface area contributed by atoms with Crippen molar-refractivity contribution < 1.29 is 9.53 Å². The van der Waals surface area contributed by atoms with Gasteiger partial charge in [-0.15, -0.1) is 0 Å². The van der Waals surface area contributed by atoms with Crippen LogP contribution in [-0.4, -0.2) is 23.4 Å². The van der Waals surface area contributed by atoms with Gasteiger partial charge in [0.25, 0.3) is 0 Å². The molecule has 0 fully saturated rings. The number of ether oxygens (including phenoxy) is 1. The van der Waals surface area contributed by atoms with Gasteiger partial charge in [0.15, 0.2) is 6.29 Å². The monoisotopic (exact) mass is 176 g/mol. The second-order valence-electron chi connectivity index (χ2n) is 2.60. The van der Waals surface area contributed by atoms with Crippen molar-refractivity contribution in [3.8, 4) is 5.75 Å². The Morgan fingerprint density at radius 2 is 2.46 bits per heavy atom. The van der Waals surface area contributed by atoms with E-state index in [1.807, 2.05) is 6.07 Å². The second kappa shape index (κ2) is 2.90. The number of carbonyl (C=O) groups excluding carboxylic acids is 1. The molecule has 66 valence electrons. The second-order valence-corrected chi connectivity index (χ2v) is 2.60. The average Bonchev–Trinajstić information content (AvgIpc) is 2.64. The first kappa shape index (κ1) is 7.79. The van der Waals surface area contributed by atoms with Crippen LogP contribution in [0.25, 0.3) is 10.9 Å². The quantitative estimate of drug-likeness (QED) is 0.703. The van der Waals surface area contributed by atoms with Crippen molar-refractivity contribution >= 4 is 17.2 Å². The summed E-state index contributed by atoms with van der Waals surface area (Å²) < 4.78 is 5.09. The molecule has 2 heterocycles. The lowest BCUT2D eigenvalue weighted by atomic mass is 10.2. The Labute approximate surface area is 74.5 Å². The standard InChI is InChI=1S/C9H8N2O2/c1-13-8-4-11-7(5-12)9-6(8)2-3-10-9/h2-5,10H,1H3. The van der Waals surface area contributed by atoms with E-state index in [4.69, 9.17) is 4.74 Å². The van der Waals surface area contributed by atoms with Gasteiger partial charge in [0.2, 0.25) is 0 Å². The number of pyridine rings is 1. The number of aromatic amines is 1. The molecule has 0 spiro atoms. The highest BCUT2D eigenvalue weighted by atomic mass is 16.5. The van der Waals surface area contributed by atoms with Crippen molar-refractivity contribution in [2.45, 2.75) is 0 Å². The number of fused-ring (bicyclic) bond motifs is 1. The molecule has 0 saturated heterocycles. The molecule has 2 aromatic heterocycles. The summed E-state index contributed by atoms with van der Waals surface area (Å²) in [7, 11) is 1.57. The third-order valence-corrected chi connectivity index (χ3v) is 1.92. The highest BCUT2D eigenvalue weighted by Gasteiger charge is 2.07. The minimum atomic E-state index is 0.404. The van der Waals surface area contributed by atoms with Crippen LogP contribution in [0.3, 0.4) is 0 Å². The molecule has 0 amide bonds. The fourth-order valence-corrected chi connectivity index (χ4v) is 1.30. The largest absolute Gasteiger partial charge is 0.494 e. The Balaban J connectivity index is 2.81. The molecule has 0 radical (unpaired) electrons. The van der Waals surface area contributed by atoms with Crippen molar-refractivity contribution in [1.29, 1.82) is 0 Å². The van der Waals surface area contributed by atoms with Crippen molar-refractivity contribution in [1.82, 2.24) is 9.97 Å². The Morgan fingerprint density at radius 3 is 3.15 bits per heavy atom. The van der Waals surface area contributed by atoms with Crippen molar-refractivity contribution in [3.63, 3.8) is 0 Å². The molecule has 0 saturated carbocycles. The van der Waals surface area contributed by atoms with Gasteiger partial charge in [0, 0.05) is 11.6 Å². The molecule has 0 aromatic carbocycles. The van der Waals surface area contributed by atoms with Gasteiger partial charge in [-0.2, -0.15) is 0 Å². The lowest BCUT2D eigenvalue weighted by Crippen LogP contribution is -1.91. The summed E-state index contributed by atoms with van der Waals surface area (Å²) in [4.78, 5) is 17.5. The SMILES string of the molecule is COc1cnc(C=O)c2[nH]ccc12. The first-order valence-electron chi connectivity index (χ1n) is 3.82. The fraction of sp³-hybridized carbons (Fsp3) is 0.111. The molecule has 0 aliphatic rings. The van der Waals surface area contributed by atoms with E-state index in [1.165, 1.54) is 0 Å². The maximum Gasteiger partial charge on any atom is 0.170 e. The van der Waals surface area contributed by atoms with E-state index in [2.05, 4.69) is 9.97 Å². The number of carbonyl (C=O) groups is 1. The van der Waals surface area contributed by atoms with E-state index in [0.717, 1.165) is 11.7 Å². The maximum atomic E-state index is 10.6. The first-order chi connectivity index (χ1) is 6.36. The average molecular weight is 176 g/mol. The molecule has 0 atom stereocenters. The number of nitrogens with zero attached hydrogens (tertiary/aromatic N) is 1. The Hall–Kier alpha value is -1.84. The molecule has 4 heteroatoms. The minimum Gasteiger partial charge on any atom is -0.494 e. The summed E-state index contributed by atoms with van der Waals surface area (Å²) in [5.74, 6) is 0.668. The third-order valence-electron chi connectivity index (χ3n) is 1.92. The Kier molecular flexibility index (Phi) is 1.73. The zero-order chi connectivity index (χ0) is 9.26. The minimum absolute atomic E-state index is 0.404. The zero-order valence-corrected chi connectivity index (χ0v) is 7.07. The Morgan fingerprint density at radius 1 is 1.62 bits per heavy atom. The molecule has 0 bridgehead atoms. The van der Waals surface area contributed by atoms with Crippen molar-refractivity contribution in [2.75, 3.05) is 7.11 Å². The molecule has 2 rings (SSSR count). The molecule has 1 N–H and O–H groups in total. The van der Waals surface area contributed by atoms with Crippen LogP contribution in [0.15, 0.2) is 18.5 Å². The van der Waals surface area contributed by atoms with Gasteiger partial charge in [-0.1, -0.05) is 0 Å². The summed E-state index contributed by atoms with van der Waals surface area (Å²) in [5.41, 5.74) is 1.12. The summed E-state index contributed by atoms with van der Waals surface area (Å²) in [6, 6.07) is 1.85. The molecule has 0 aliphatic heterocycles. The van der Waals surface area contributed by atoms with Crippen LogP contribution >= 0.6 is 0 Å².